The molecule has 0 bridgehead atoms. The van der Waals surface area contributed by atoms with E-state index in [9.17, 15) is 9.59 Å². The normalized spacial score (nSPS) is 14.6. The number of carbonyl (C=O) groups is 2. The number of carbonyl (C=O) groups excluding carboxylic acids is 2. The largest absolute Gasteiger partial charge is 0.459 e. The molecule has 12 heteroatoms. The van der Waals surface area contributed by atoms with Gasteiger partial charge in [0.15, 0.2) is 0 Å². The number of rotatable bonds is 12. The highest BCUT2D eigenvalue weighted by atomic mass is 16.6. The lowest BCUT2D eigenvalue weighted by atomic mass is 10.2. The molecule has 0 unspecified atom stereocenters. The van der Waals surface area contributed by atoms with E-state index in [0.29, 0.717) is 25.6 Å². The predicted octanol–water partition coefficient (Wildman–Crippen LogP) is 5.46. The lowest BCUT2D eigenvalue weighted by molar-refractivity contribution is -0.156. The molecule has 0 radical (unpaired) electrons. The first-order valence-corrected chi connectivity index (χ1v) is 16.3. The smallest absolute Gasteiger partial charge is 0.407 e. The number of amides is 1. The summed E-state index contributed by atoms with van der Waals surface area (Å²) >= 11 is 0. The molecule has 1 saturated heterocycles. The van der Waals surface area contributed by atoms with Gasteiger partial charge in [-0.25, -0.2) is 19.7 Å². The number of hydrogen-bond acceptors (Lipinski definition) is 11. The zero-order valence-corrected chi connectivity index (χ0v) is 28.6. The summed E-state index contributed by atoms with van der Waals surface area (Å²) in [6.45, 7) is 17.1. The van der Waals surface area contributed by atoms with Gasteiger partial charge in [0.1, 0.15) is 17.0 Å². The van der Waals surface area contributed by atoms with Gasteiger partial charge in [-0.2, -0.15) is 0 Å². The Morgan fingerprint density at radius 3 is 2.38 bits per heavy atom. The molecule has 254 valence electrons. The summed E-state index contributed by atoms with van der Waals surface area (Å²) in [5.74, 6) is 1.08. The van der Waals surface area contributed by atoms with Crippen LogP contribution >= 0.6 is 0 Å². The topological polar surface area (TPSA) is 134 Å². The van der Waals surface area contributed by atoms with E-state index >= 15 is 0 Å². The second kappa shape index (κ2) is 16.5. The first-order valence-electron chi connectivity index (χ1n) is 16.3. The van der Waals surface area contributed by atoms with Crippen molar-refractivity contribution in [2.45, 2.75) is 72.1 Å². The van der Waals surface area contributed by atoms with Crippen LogP contribution in [0.15, 0.2) is 54.9 Å². The second-order valence-corrected chi connectivity index (χ2v) is 13.7. The quantitative estimate of drug-likeness (QED) is 0.171. The number of hydrogen-bond donors (Lipinski definition) is 3. The lowest BCUT2D eigenvalue weighted by Crippen LogP contribution is -2.37. The molecule has 0 spiro atoms. The zero-order chi connectivity index (χ0) is 33.9. The van der Waals surface area contributed by atoms with Gasteiger partial charge in [0.05, 0.1) is 12.2 Å². The van der Waals surface area contributed by atoms with Gasteiger partial charge in [-0.3, -0.25) is 14.6 Å². The van der Waals surface area contributed by atoms with Crippen LogP contribution in [-0.4, -0.2) is 93.8 Å². The maximum absolute atomic E-state index is 12.3. The molecular weight excluding hydrogens is 596 g/mol. The molecule has 12 nitrogen and oxygen atoms in total. The number of anilines is 3. The summed E-state index contributed by atoms with van der Waals surface area (Å²) in [5, 5.41) is 9.38. The average molecular weight is 647 g/mol. The molecule has 3 aromatic rings. The number of benzene rings is 1. The molecule has 1 aromatic carbocycles. The van der Waals surface area contributed by atoms with Gasteiger partial charge < -0.3 is 25.4 Å². The fourth-order valence-corrected chi connectivity index (χ4v) is 5.07. The maximum Gasteiger partial charge on any atom is 0.407 e. The van der Waals surface area contributed by atoms with Gasteiger partial charge in [0, 0.05) is 62.9 Å². The number of aromatic nitrogens is 3. The van der Waals surface area contributed by atoms with Gasteiger partial charge in [0.25, 0.3) is 0 Å². The molecule has 4 rings (SSSR count). The standard InChI is InChI=1S/C35H50N8O4/c1-34(2,3)46-31(44)25-43-19-9-18-42(20-21-43)24-26-10-7-11-28(22-26)40-32-37-17-14-29(41-32)27-12-13-30(39-23-27)36-15-8-16-38-33(45)47-35(4,5)6/h7,10-14,17,22-23H,8-9,15-16,18-21,24-25H2,1-6H3,(H,36,39)(H,38,45)(H,37,40,41). The monoisotopic (exact) mass is 646 g/mol. The highest BCUT2D eigenvalue weighted by Gasteiger charge is 2.21. The van der Waals surface area contributed by atoms with Crippen molar-refractivity contribution in [3.63, 3.8) is 0 Å². The molecule has 1 aliphatic heterocycles. The Hall–Kier alpha value is -4.29. The third-order valence-electron chi connectivity index (χ3n) is 7.09. The fourth-order valence-electron chi connectivity index (χ4n) is 5.07. The van der Waals surface area contributed by atoms with Gasteiger partial charge in [-0.1, -0.05) is 12.1 Å². The van der Waals surface area contributed by atoms with Crippen LogP contribution in [0.1, 0.15) is 59.9 Å². The number of pyridine rings is 1. The van der Waals surface area contributed by atoms with Gasteiger partial charge in [-0.05, 0) is 96.8 Å². The first-order chi connectivity index (χ1) is 22.3. The molecule has 1 fully saturated rings. The Morgan fingerprint density at radius 1 is 0.872 bits per heavy atom. The first kappa shape index (κ1) is 35.6. The summed E-state index contributed by atoms with van der Waals surface area (Å²) in [4.78, 5) is 42.3. The summed E-state index contributed by atoms with van der Waals surface area (Å²) in [6, 6.07) is 14.0. The SMILES string of the molecule is CC(C)(C)OC(=O)CN1CCCN(Cc2cccc(Nc3nccc(-c4ccc(NCCCNC(=O)OC(C)(C)C)nc4)n3)c2)CC1. The Bertz CT molecular complexity index is 1450. The number of ether oxygens (including phenoxy) is 2. The van der Waals surface area contributed by atoms with E-state index in [2.05, 4.69) is 47.9 Å². The fraction of sp³-hybridized carbons (Fsp3) is 0.514. The van der Waals surface area contributed by atoms with E-state index in [4.69, 9.17) is 14.5 Å². The summed E-state index contributed by atoms with van der Waals surface area (Å²) in [7, 11) is 0. The van der Waals surface area contributed by atoms with E-state index in [0.717, 1.165) is 68.3 Å². The van der Waals surface area contributed by atoms with Crippen LogP contribution in [-0.2, 0) is 20.8 Å². The summed E-state index contributed by atoms with van der Waals surface area (Å²) in [6.07, 6.45) is 4.84. The number of nitrogens with zero attached hydrogens (tertiary/aromatic N) is 5. The van der Waals surface area contributed by atoms with Crippen molar-refractivity contribution >= 4 is 29.5 Å². The second-order valence-electron chi connectivity index (χ2n) is 13.7. The molecule has 0 aliphatic carbocycles. The Kier molecular flexibility index (Phi) is 12.5. The van der Waals surface area contributed by atoms with E-state index in [1.54, 1.807) is 12.4 Å². The Labute approximate surface area is 278 Å². The van der Waals surface area contributed by atoms with Crippen LogP contribution in [0.5, 0.6) is 0 Å². The van der Waals surface area contributed by atoms with Gasteiger partial charge >= 0.3 is 12.1 Å². The molecular formula is C35H50N8O4. The number of nitrogens with one attached hydrogen (secondary N) is 3. The van der Waals surface area contributed by atoms with E-state index in [-0.39, 0.29) is 5.97 Å². The summed E-state index contributed by atoms with van der Waals surface area (Å²) in [5.41, 5.74) is 2.78. The maximum atomic E-state index is 12.3. The summed E-state index contributed by atoms with van der Waals surface area (Å²) < 4.78 is 10.8. The highest BCUT2D eigenvalue weighted by Crippen LogP contribution is 2.21. The Morgan fingerprint density at radius 2 is 1.64 bits per heavy atom. The minimum Gasteiger partial charge on any atom is -0.459 e. The van der Waals surface area contributed by atoms with Gasteiger partial charge in [0.2, 0.25) is 5.95 Å². The Balaban J connectivity index is 1.24. The van der Waals surface area contributed by atoms with Crippen molar-refractivity contribution in [3.8, 4) is 11.3 Å². The van der Waals surface area contributed by atoms with Gasteiger partial charge in [-0.15, -0.1) is 0 Å². The molecule has 2 aromatic heterocycles. The van der Waals surface area contributed by atoms with Crippen LogP contribution in [0.2, 0.25) is 0 Å². The van der Waals surface area contributed by atoms with Crippen molar-refractivity contribution in [2.75, 3.05) is 56.4 Å². The van der Waals surface area contributed by atoms with Crippen molar-refractivity contribution in [3.05, 3.63) is 60.4 Å². The predicted molar refractivity (Wildman–Crippen MR) is 185 cm³/mol. The van der Waals surface area contributed by atoms with Crippen LogP contribution < -0.4 is 16.0 Å². The average Bonchev–Trinajstić information content (AvgIpc) is 3.20. The molecule has 3 N–H and O–H groups in total. The van der Waals surface area contributed by atoms with Crippen molar-refractivity contribution < 1.29 is 19.1 Å². The van der Waals surface area contributed by atoms with E-state index in [1.165, 1.54) is 5.56 Å². The molecule has 1 amide bonds. The number of esters is 1. The van der Waals surface area contributed by atoms with Crippen molar-refractivity contribution in [2.24, 2.45) is 0 Å². The van der Waals surface area contributed by atoms with Crippen LogP contribution in [0.3, 0.4) is 0 Å². The lowest BCUT2D eigenvalue weighted by Gasteiger charge is -2.24. The van der Waals surface area contributed by atoms with E-state index in [1.807, 2.05) is 71.9 Å². The van der Waals surface area contributed by atoms with Crippen molar-refractivity contribution in [1.82, 2.24) is 30.1 Å². The third-order valence-corrected chi connectivity index (χ3v) is 7.09. The molecule has 0 saturated carbocycles. The molecule has 1 aliphatic rings. The van der Waals surface area contributed by atoms with Crippen LogP contribution in [0.25, 0.3) is 11.3 Å². The van der Waals surface area contributed by atoms with Crippen molar-refractivity contribution in [1.29, 1.82) is 0 Å². The minimum absolute atomic E-state index is 0.167. The van der Waals surface area contributed by atoms with Crippen LogP contribution in [0.4, 0.5) is 22.2 Å². The molecule has 3 heterocycles. The molecule has 0 atom stereocenters. The third kappa shape index (κ3) is 13.2. The molecule has 47 heavy (non-hydrogen) atoms. The minimum atomic E-state index is -0.510. The number of alkyl carbamates (subject to hydrolysis) is 1. The highest BCUT2D eigenvalue weighted by molar-refractivity contribution is 5.72. The van der Waals surface area contributed by atoms with E-state index < -0.39 is 17.3 Å². The zero-order valence-electron chi connectivity index (χ0n) is 28.6. The van der Waals surface area contributed by atoms with Crippen LogP contribution in [0, 0.1) is 0 Å².